The highest BCUT2D eigenvalue weighted by Crippen LogP contribution is 2.30. The number of fused-ring (bicyclic) bond motifs is 1. The molecule has 2 amide bonds. The van der Waals surface area contributed by atoms with Crippen LogP contribution in [0, 0.1) is 12.7 Å². The monoisotopic (exact) mass is 304 g/mol. The van der Waals surface area contributed by atoms with Crippen molar-refractivity contribution in [3.8, 4) is 0 Å². The van der Waals surface area contributed by atoms with Crippen LogP contribution in [0.25, 0.3) is 11.0 Å². The van der Waals surface area contributed by atoms with E-state index in [0.29, 0.717) is 29.6 Å². The minimum Gasteiger partial charge on any atom is -0.459 e. The van der Waals surface area contributed by atoms with E-state index in [2.05, 4.69) is 10.6 Å². The normalized spacial score (nSPS) is 19.2. The lowest BCUT2D eigenvalue weighted by atomic mass is 10.1. The van der Waals surface area contributed by atoms with E-state index >= 15 is 0 Å². The highest BCUT2D eigenvalue weighted by Gasteiger charge is 2.29. The van der Waals surface area contributed by atoms with E-state index < -0.39 is 6.04 Å². The molecular weight excluding hydrogens is 287 g/mol. The highest BCUT2D eigenvalue weighted by molar-refractivity contribution is 5.91. The lowest BCUT2D eigenvalue weighted by Gasteiger charge is -2.16. The smallest absolute Gasteiger partial charge is 0.243 e. The molecule has 116 valence electrons. The van der Waals surface area contributed by atoms with E-state index in [1.165, 1.54) is 12.1 Å². The summed E-state index contributed by atoms with van der Waals surface area (Å²) in [6.07, 6.45) is 0.872. The summed E-state index contributed by atoms with van der Waals surface area (Å²) in [7, 11) is 0. The molecule has 0 unspecified atom stereocenters. The zero-order valence-electron chi connectivity index (χ0n) is 12.4. The van der Waals surface area contributed by atoms with Crippen molar-refractivity contribution in [2.75, 3.05) is 0 Å². The van der Waals surface area contributed by atoms with Gasteiger partial charge in [-0.3, -0.25) is 9.59 Å². The zero-order chi connectivity index (χ0) is 15.9. The third kappa shape index (κ3) is 2.56. The molecule has 2 atom stereocenters. The van der Waals surface area contributed by atoms with Gasteiger partial charge in [0.1, 0.15) is 23.2 Å². The molecule has 1 aromatic carbocycles. The van der Waals surface area contributed by atoms with Crippen molar-refractivity contribution in [2.45, 2.75) is 38.8 Å². The maximum absolute atomic E-state index is 13.3. The van der Waals surface area contributed by atoms with Gasteiger partial charge in [-0.1, -0.05) is 0 Å². The van der Waals surface area contributed by atoms with Crippen molar-refractivity contribution < 1.29 is 18.4 Å². The number of rotatable bonds is 3. The molecule has 1 aromatic heterocycles. The van der Waals surface area contributed by atoms with Crippen molar-refractivity contribution in [3.05, 3.63) is 35.3 Å². The number of halogens is 1. The molecule has 1 aliphatic heterocycles. The van der Waals surface area contributed by atoms with E-state index in [4.69, 9.17) is 4.42 Å². The Morgan fingerprint density at radius 1 is 1.50 bits per heavy atom. The molecule has 5 nitrogen and oxygen atoms in total. The van der Waals surface area contributed by atoms with Gasteiger partial charge in [0.25, 0.3) is 0 Å². The summed E-state index contributed by atoms with van der Waals surface area (Å²) >= 11 is 0. The molecule has 3 rings (SSSR count). The van der Waals surface area contributed by atoms with Crippen molar-refractivity contribution in [1.82, 2.24) is 10.6 Å². The molecule has 0 radical (unpaired) electrons. The van der Waals surface area contributed by atoms with E-state index in [0.717, 1.165) is 5.56 Å². The summed E-state index contributed by atoms with van der Waals surface area (Å²) < 4.78 is 19.1. The number of hydrogen-bond donors (Lipinski definition) is 2. The number of carbonyl (C=O) groups is 2. The van der Waals surface area contributed by atoms with Gasteiger partial charge in [-0.25, -0.2) is 4.39 Å². The first-order valence-electron chi connectivity index (χ1n) is 7.24. The Morgan fingerprint density at radius 3 is 2.95 bits per heavy atom. The minimum absolute atomic E-state index is 0.108. The van der Waals surface area contributed by atoms with Gasteiger partial charge >= 0.3 is 0 Å². The Morgan fingerprint density at radius 2 is 2.27 bits per heavy atom. The summed E-state index contributed by atoms with van der Waals surface area (Å²) in [4.78, 5) is 23.3. The van der Waals surface area contributed by atoms with Crippen LogP contribution in [0.3, 0.4) is 0 Å². The quantitative estimate of drug-likeness (QED) is 0.914. The molecule has 1 aliphatic rings. The fourth-order valence-electron chi connectivity index (χ4n) is 2.82. The molecule has 0 saturated carbocycles. The molecule has 2 aromatic rings. The first-order valence-corrected chi connectivity index (χ1v) is 7.24. The van der Waals surface area contributed by atoms with E-state index in [1.807, 2.05) is 6.92 Å². The van der Waals surface area contributed by atoms with E-state index in [-0.39, 0.29) is 23.7 Å². The molecule has 0 bridgehead atoms. The van der Waals surface area contributed by atoms with E-state index in [9.17, 15) is 14.0 Å². The number of hydrogen-bond acceptors (Lipinski definition) is 3. The maximum Gasteiger partial charge on any atom is 0.243 e. The second-order valence-corrected chi connectivity index (χ2v) is 5.62. The largest absolute Gasteiger partial charge is 0.459 e. The first-order chi connectivity index (χ1) is 10.5. The molecular formula is C16H17FN2O3. The Bertz CT molecular complexity index is 753. The van der Waals surface area contributed by atoms with Gasteiger partial charge in [-0.15, -0.1) is 0 Å². The van der Waals surface area contributed by atoms with Crippen molar-refractivity contribution >= 4 is 22.8 Å². The zero-order valence-corrected chi connectivity index (χ0v) is 12.4. The number of furan rings is 1. The molecule has 6 heteroatoms. The summed E-state index contributed by atoms with van der Waals surface area (Å²) in [6.45, 7) is 3.64. The Kier molecular flexibility index (Phi) is 3.60. The molecule has 1 fully saturated rings. The van der Waals surface area contributed by atoms with Crippen LogP contribution in [0.1, 0.15) is 37.1 Å². The molecule has 1 saturated heterocycles. The number of carbonyl (C=O) groups excluding carboxylic acids is 2. The summed E-state index contributed by atoms with van der Waals surface area (Å²) in [5.74, 6) is -0.0702. The lowest BCUT2D eigenvalue weighted by molar-refractivity contribution is -0.126. The number of nitrogens with one attached hydrogen (secondary N) is 2. The van der Waals surface area contributed by atoms with Crippen LogP contribution in [0.2, 0.25) is 0 Å². The Balaban J connectivity index is 1.80. The predicted octanol–water partition coefficient (Wildman–Crippen LogP) is 2.34. The number of benzene rings is 1. The number of aryl methyl sites for hydroxylation is 1. The molecule has 2 heterocycles. The predicted molar refractivity (Wildman–Crippen MR) is 78.6 cm³/mol. The van der Waals surface area contributed by atoms with Gasteiger partial charge in [-0.2, -0.15) is 0 Å². The topological polar surface area (TPSA) is 71.3 Å². The van der Waals surface area contributed by atoms with Crippen molar-refractivity contribution in [3.63, 3.8) is 0 Å². The van der Waals surface area contributed by atoms with Crippen LogP contribution in [-0.4, -0.2) is 17.9 Å². The lowest BCUT2D eigenvalue weighted by Crippen LogP contribution is -2.42. The van der Waals surface area contributed by atoms with Crippen LogP contribution in [0.5, 0.6) is 0 Å². The van der Waals surface area contributed by atoms with Crippen LogP contribution >= 0.6 is 0 Å². The third-order valence-electron chi connectivity index (χ3n) is 4.00. The molecule has 2 N–H and O–H groups in total. The van der Waals surface area contributed by atoms with Gasteiger partial charge in [0, 0.05) is 17.4 Å². The summed E-state index contributed by atoms with van der Waals surface area (Å²) in [6, 6.07) is 3.49. The van der Waals surface area contributed by atoms with Gasteiger partial charge in [0.15, 0.2) is 0 Å². The van der Waals surface area contributed by atoms with Crippen LogP contribution < -0.4 is 10.6 Å². The average molecular weight is 304 g/mol. The van der Waals surface area contributed by atoms with Crippen molar-refractivity contribution in [1.29, 1.82) is 0 Å². The molecule has 0 aliphatic carbocycles. The van der Waals surface area contributed by atoms with Gasteiger partial charge < -0.3 is 15.1 Å². The Hall–Kier alpha value is -2.37. The van der Waals surface area contributed by atoms with Crippen LogP contribution in [-0.2, 0) is 9.59 Å². The van der Waals surface area contributed by atoms with Crippen LogP contribution in [0.4, 0.5) is 4.39 Å². The van der Waals surface area contributed by atoms with Crippen LogP contribution in [0.15, 0.2) is 22.6 Å². The van der Waals surface area contributed by atoms with Gasteiger partial charge in [0.2, 0.25) is 11.8 Å². The van der Waals surface area contributed by atoms with Gasteiger partial charge in [-0.05, 0) is 38.5 Å². The standard InChI is InChI=1S/C16H17FN2O3/c1-8-11-7-10(17)3-5-13(11)22-15(8)9(2)18-16(21)12-4-6-14(20)19-12/h3,5,7,9,12H,4,6H2,1-2H3,(H,18,21)(H,19,20)/t9-,12-/m0/s1. The third-order valence-corrected chi connectivity index (χ3v) is 4.00. The average Bonchev–Trinajstić information content (AvgIpc) is 3.04. The maximum atomic E-state index is 13.3. The summed E-state index contributed by atoms with van der Waals surface area (Å²) in [5, 5.41) is 6.16. The summed E-state index contributed by atoms with van der Waals surface area (Å²) in [5.41, 5.74) is 1.39. The SMILES string of the molecule is Cc1c([C@H](C)NC(=O)[C@@H]2CCC(=O)N2)oc2ccc(F)cc12. The first kappa shape index (κ1) is 14.6. The molecule has 22 heavy (non-hydrogen) atoms. The fraction of sp³-hybridized carbons (Fsp3) is 0.375. The minimum atomic E-state index is -0.489. The molecule has 0 spiro atoms. The Labute approximate surface area is 126 Å². The van der Waals surface area contributed by atoms with E-state index in [1.54, 1.807) is 13.0 Å². The second kappa shape index (κ2) is 5.44. The number of amides is 2. The van der Waals surface area contributed by atoms with Gasteiger partial charge in [0.05, 0.1) is 6.04 Å². The second-order valence-electron chi connectivity index (χ2n) is 5.62. The van der Waals surface area contributed by atoms with Crippen molar-refractivity contribution in [2.24, 2.45) is 0 Å². The highest BCUT2D eigenvalue weighted by atomic mass is 19.1. The fourth-order valence-corrected chi connectivity index (χ4v) is 2.82.